The molecule has 0 amide bonds. The van der Waals surface area contributed by atoms with Crippen molar-refractivity contribution in [1.29, 1.82) is 0 Å². The lowest BCUT2D eigenvalue weighted by Crippen LogP contribution is -2.37. The van der Waals surface area contributed by atoms with Gasteiger partial charge in [0.25, 0.3) is 5.56 Å². The van der Waals surface area contributed by atoms with Crippen LogP contribution in [0.25, 0.3) is 0 Å². The predicted molar refractivity (Wildman–Crippen MR) is 63.1 cm³/mol. The molecule has 2 rings (SSSR count). The summed E-state index contributed by atoms with van der Waals surface area (Å²) in [5, 5.41) is 0.181. The molecule has 1 N–H and O–H groups in total. The number of nitrogens with one attached hydrogen (secondary N) is 1. The normalized spacial score (nSPS) is 15.4. The van der Waals surface area contributed by atoms with E-state index >= 15 is 0 Å². The summed E-state index contributed by atoms with van der Waals surface area (Å²) >= 11 is 5.81. The third-order valence-corrected chi connectivity index (χ3v) is 3.36. The standard InChI is InChI=1S/C11H15ClN2O2/c1-2-8-9(12)13-11(16)14(10(8)15)6-5-7-3-4-7/h7H,2-6H2,1H3,(H,13,16). The zero-order chi connectivity index (χ0) is 11.7. The van der Waals surface area contributed by atoms with Crippen molar-refractivity contribution in [3.63, 3.8) is 0 Å². The van der Waals surface area contributed by atoms with E-state index in [1.807, 2.05) is 6.92 Å². The molecule has 0 radical (unpaired) electrons. The average molecular weight is 243 g/mol. The van der Waals surface area contributed by atoms with Crippen LogP contribution in [0.2, 0.25) is 5.15 Å². The van der Waals surface area contributed by atoms with Gasteiger partial charge in [0.2, 0.25) is 0 Å². The van der Waals surface area contributed by atoms with Crippen molar-refractivity contribution in [2.75, 3.05) is 0 Å². The molecule has 1 aromatic heterocycles. The van der Waals surface area contributed by atoms with Crippen LogP contribution in [-0.4, -0.2) is 9.55 Å². The molecule has 1 aliphatic rings. The number of halogens is 1. The van der Waals surface area contributed by atoms with Crippen LogP contribution < -0.4 is 11.2 Å². The second-order valence-electron chi connectivity index (χ2n) is 4.27. The Morgan fingerprint density at radius 1 is 1.44 bits per heavy atom. The highest BCUT2D eigenvalue weighted by Crippen LogP contribution is 2.32. The van der Waals surface area contributed by atoms with E-state index in [-0.39, 0.29) is 10.7 Å². The second kappa shape index (κ2) is 4.45. The Bertz CT molecular complexity index is 500. The molecule has 1 aliphatic carbocycles. The summed E-state index contributed by atoms with van der Waals surface area (Å²) < 4.78 is 1.27. The molecule has 0 atom stereocenters. The largest absolute Gasteiger partial charge is 0.329 e. The number of nitrogens with zero attached hydrogens (tertiary/aromatic N) is 1. The Morgan fingerprint density at radius 3 is 2.69 bits per heavy atom. The van der Waals surface area contributed by atoms with E-state index in [1.165, 1.54) is 17.4 Å². The molecule has 16 heavy (non-hydrogen) atoms. The van der Waals surface area contributed by atoms with Crippen molar-refractivity contribution in [2.45, 2.75) is 39.2 Å². The molecule has 0 unspecified atom stereocenters. The van der Waals surface area contributed by atoms with Gasteiger partial charge in [-0.15, -0.1) is 0 Å². The lowest BCUT2D eigenvalue weighted by Gasteiger charge is -2.07. The maximum atomic E-state index is 11.9. The topological polar surface area (TPSA) is 54.9 Å². The van der Waals surface area contributed by atoms with Crippen LogP contribution in [0.3, 0.4) is 0 Å². The summed E-state index contributed by atoms with van der Waals surface area (Å²) in [5.74, 6) is 0.701. The Morgan fingerprint density at radius 2 is 2.12 bits per heavy atom. The Balaban J connectivity index is 2.34. The number of hydrogen-bond donors (Lipinski definition) is 1. The Kier molecular flexibility index (Phi) is 3.19. The summed E-state index contributed by atoms with van der Waals surface area (Å²) in [6.45, 7) is 2.36. The number of aromatic amines is 1. The highest BCUT2D eigenvalue weighted by Gasteiger charge is 2.21. The first-order valence-electron chi connectivity index (χ1n) is 5.65. The summed E-state index contributed by atoms with van der Waals surface area (Å²) in [6, 6.07) is 0. The van der Waals surface area contributed by atoms with Crippen molar-refractivity contribution < 1.29 is 0 Å². The highest BCUT2D eigenvalue weighted by atomic mass is 35.5. The third-order valence-electron chi connectivity index (χ3n) is 3.04. The Labute approximate surface area is 98.3 Å². The van der Waals surface area contributed by atoms with Gasteiger partial charge in [-0.3, -0.25) is 14.3 Å². The van der Waals surface area contributed by atoms with Gasteiger partial charge in [0.1, 0.15) is 5.15 Å². The second-order valence-corrected chi connectivity index (χ2v) is 4.64. The van der Waals surface area contributed by atoms with Crippen LogP contribution in [-0.2, 0) is 13.0 Å². The molecule has 1 saturated carbocycles. The lowest BCUT2D eigenvalue weighted by molar-refractivity contribution is 0.552. The van der Waals surface area contributed by atoms with Crippen LogP contribution in [0, 0.1) is 5.92 Å². The zero-order valence-electron chi connectivity index (χ0n) is 9.25. The average Bonchev–Trinajstić information content (AvgIpc) is 3.01. The first-order valence-corrected chi connectivity index (χ1v) is 6.02. The van der Waals surface area contributed by atoms with Crippen LogP contribution >= 0.6 is 11.6 Å². The number of rotatable bonds is 4. The smallest absolute Gasteiger partial charge is 0.297 e. The van der Waals surface area contributed by atoms with Gasteiger partial charge in [-0.05, 0) is 18.8 Å². The highest BCUT2D eigenvalue weighted by molar-refractivity contribution is 6.30. The van der Waals surface area contributed by atoms with Gasteiger partial charge in [-0.2, -0.15) is 0 Å². The van der Waals surface area contributed by atoms with Crippen LogP contribution in [0.1, 0.15) is 31.7 Å². The molecule has 5 heteroatoms. The van der Waals surface area contributed by atoms with Gasteiger partial charge in [-0.25, -0.2) is 4.79 Å². The molecule has 1 aromatic rings. The van der Waals surface area contributed by atoms with Crippen LogP contribution in [0.15, 0.2) is 9.59 Å². The van der Waals surface area contributed by atoms with E-state index < -0.39 is 5.69 Å². The molecule has 0 spiro atoms. The fourth-order valence-electron chi connectivity index (χ4n) is 1.81. The predicted octanol–water partition coefficient (Wildman–Crippen LogP) is 1.55. The number of hydrogen-bond acceptors (Lipinski definition) is 2. The molecule has 1 heterocycles. The third kappa shape index (κ3) is 2.21. The molecule has 0 bridgehead atoms. The van der Waals surface area contributed by atoms with Crippen molar-refractivity contribution >= 4 is 11.6 Å². The van der Waals surface area contributed by atoms with Gasteiger partial charge in [-0.1, -0.05) is 31.4 Å². The fourth-order valence-corrected chi connectivity index (χ4v) is 2.11. The van der Waals surface area contributed by atoms with Crippen molar-refractivity contribution in [1.82, 2.24) is 9.55 Å². The van der Waals surface area contributed by atoms with E-state index in [0.717, 1.165) is 6.42 Å². The zero-order valence-corrected chi connectivity index (χ0v) is 10.0. The SMILES string of the molecule is CCc1c(Cl)[nH]c(=O)n(CCC2CC2)c1=O. The molecular weight excluding hydrogens is 228 g/mol. The minimum Gasteiger partial charge on any atom is -0.297 e. The van der Waals surface area contributed by atoms with E-state index in [4.69, 9.17) is 11.6 Å². The first-order chi connectivity index (χ1) is 7.63. The van der Waals surface area contributed by atoms with Gasteiger partial charge < -0.3 is 0 Å². The number of H-pyrrole nitrogens is 1. The summed E-state index contributed by atoms with van der Waals surface area (Å²) in [4.78, 5) is 26.0. The van der Waals surface area contributed by atoms with Gasteiger partial charge >= 0.3 is 5.69 Å². The summed E-state index contributed by atoms with van der Waals surface area (Å²) in [5.41, 5.74) is -0.137. The first kappa shape index (κ1) is 11.5. The summed E-state index contributed by atoms with van der Waals surface area (Å²) in [7, 11) is 0. The van der Waals surface area contributed by atoms with Crippen molar-refractivity contribution in [3.8, 4) is 0 Å². The fraction of sp³-hybridized carbons (Fsp3) is 0.636. The molecule has 88 valence electrons. The van der Waals surface area contributed by atoms with Gasteiger partial charge in [0, 0.05) is 6.54 Å². The molecule has 4 nitrogen and oxygen atoms in total. The molecule has 1 fully saturated rings. The Hall–Kier alpha value is -1.03. The molecule has 0 aliphatic heterocycles. The quantitative estimate of drug-likeness (QED) is 0.815. The summed E-state index contributed by atoms with van der Waals surface area (Å²) in [6.07, 6.45) is 3.90. The van der Waals surface area contributed by atoms with E-state index in [9.17, 15) is 9.59 Å². The maximum Gasteiger partial charge on any atom is 0.329 e. The van der Waals surface area contributed by atoms with Crippen molar-refractivity contribution in [3.05, 3.63) is 31.6 Å². The molecule has 0 aromatic carbocycles. The van der Waals surface area contributed by atoms with E-state index in [1.54, 1.807) is 0 Å². The van der Waals surface area contributed by atoms with Gasteiger partial charge in [0.15, 0.2) is 0 Å². The van der Waals surface area contributed by atoms with Crippen molar-refractivity contribution in [2.24, 2.45) is 5.92 Å². The molecule has 0 saturated heterocycles. The molecular formula is C11H15ClN2O2. The van der Waals surface area contributed by atoms with Crippen LogP contribution in [0.4, 0.5) is 0 Å². The van der Waals surface area contributed by atoms with Gasteiger partial charge in [0.05, 0.1) is 5.56 Å². The minimum atomic E-state index is -0.396. The monoisotopic (exact) mass is 242 g/mol. The minimum absolute atomic E-state index is 0.181. The lowest BCUT2D eigenvalue weighted by atomic mass is 10.2. The van der Waals surface area contributed by atoms with Crippen LogP contribution in [0.5, 0.6) is 0 Å². The van der Waals surface area contributed by atoms with E-state index in [2.05, 4.69) is 4.98 Å². The van der Waals surface area contributed by atoms with E-state index in [0.29, 0.717) is 24.4 Å². The number of aromatic nitrogens is 2. The maximum absolute atomic E-state index is 11.9.